The SMILES string of the molecule is COC[C@H]1O[C@@H](n2cc(C)c(=O)n(C)c2=O)C[C@@H]1n1nncc1-c1ccc2cc(OC)ccc2c1. The van der Waals surface area contributed by atoms with Gasteiger partial charge in [0.15, 0.2) is 0 Å². The summed E-state index contributed by atoms with van der Waals surface area (Å²) in [6, 6.07) is 11.9. The lowest BCUT2D eigenvalue weighted by molar-refractivity contribution is -0.0417. The number of ether oxygens (including phenoxy) is 3. The van der Waals surface area contributed by atoms with Crippen LogP contribution in [0.1, 0.15) is 24.3 Å². The maximum atomic E-state index is 12.8. The monoisotopic (exact) mass is 477 g/mol. The third kappa shape index (κ3) is 4.04. The summed E-state index contributed by atoms with van der Waals surface area (Å²) in [5.74, 6) is 0.803. The van der Waals surface area contributed by atoms with E-state index in [0.29, 0.717) is 18.6 Å². The molecule has 0 radical (unpaired) electrons. The Hall–Kier alpha value is -3.76. The lowest BCUT2D eigenvalue weighted by Crippen LogP contribution is -2.40. The molecule has 10 nitrogen and oxygen atoms in total. The minimum absolute atomic E-state index is 0.228. The lowest BCUT2D eigenvalue weighted by atomic mass is 10.0. The Kier molecular flexibility index (Phi) is 6.00. The average molecular weight is 478 g/mol. The van der Waals surface area contributed by atoms with Crippen LogP contribution in [0.5, 0.6) is 5.75 Å². The van der Waals surface area contributed by atoms with Crippen molar-refractivity contribution in [2.75, 3.05) is 20.8 Å². The highest BCUT2D eigenvalue weighted by atomic mass is 16.5. The van der Waals surface area contributed by atoms with Crippen molar-refractivity contribution in [2.45, 2.75) is 31.7 Å². The second-order valence-corrected chi connectivity index (χ2v) is 8.75. The van der Waals surface area contributed by atoms with Gasteiger partial charge in [-0.2, -0.15) is 0 Å². The number of fused-ring (bicyclic) bond motifs is 1. The fourth-order valence-corrected chi connectivity index (χ4v) is 4.71. The Morgan fingerprint density at radius 3 is 2.66 bits per heavy atom. The van der Waals surface area contributed by atoms with Crippen LogP contribution in [0.15, 0.2) is 58.4 Å². The predicted octanol–water partition coefficient (Wildman–Crippen LogP) is 2.45. The van der Waals surface area contributed by atoms with Crippen molar-refractivity contribution >= 4 is 10.8 Å². The lowest BCUT2D eigenvalue weighted by Gasteiger charge is -2.19. The molecule has 10 heteroatoms. The van der Waals surface area contributed by atoms with Crippen molar-refractivity contribution in [3.8, 4) is 17.0 Å². The molecule has 0 aliphatic carbocycles. The van der Waals surface area contributed by atoms with Crippen LogP contribution in [-0.2, 0) is 16.5 Å². The zero-order chi connectivity index (χ0) is 24.7. The molecule has 3 atom stereocenters. The topological polar surface area (TPSA) is 102 Å². The molecule has 2 aromatic carbocycles. The van der Waals surface area contributed by atoms with Crippen LogP contribution in [0.2, 0.25) is 0 Å². The van der Waals surface area contributed by atoms with Gasteiger partial charge in [0.1, 0.15) is 18.1 Å². The van der Waals surface area contributed by atoms with E-state index in [-0.39, 0.29) is 17.7 Å². The fourth-order valence-electron chi connectivity index (χ4n) is 4.71. The van der Waals surface area contributed by atoms with Gasteiger partial charge in [0.05, 0.1) is 31.6 Å². The minimum atomic E-state index is -0.570. The van der Waals surface area contributed by atoms with E-state index in [1.807, 2.05) is 35.0 Å². The van der Waals surface area contributed by atoms with E-state index in [1.54, 1.807) is 33.5 Å². The molecule has 1 aliphatic rings. The summed E-state index contributed by atoms with van der Waals surface area (Å²) in [7, 11) is 4.73. The van der Waals surface area contributed by atoms with E-state index in [9.17, 15) is 9.59 Å². The predicted molar refractivity (Wildman–Crippen MR) is 130 cm³/mol. The van der Waals surface area contributed by atoms with E-state index in [2.05, 4.69) is 16.4 Å². The van der Waals surface area contributed by atoms with Crippen LogP contribution in [0.3, 0.4) is 0 Å². The fraction of sp³-hybridized carbons (Fsp3) is 0.360. The Morgan fingerprint density at radius 2 is 1.89 bits per heavy atom. The van der Waals surface area contributed by atoms with Gasteiger partial charge in [-0.1, -0.05) is 23.4 Å². The molecule has 0 saturated carbocycles. The van der Waals surface area contributed by atoms with Gasteiger partial charge in [-0.25, -0.2) is 9.48 Å². The highest BCUT2D eigenvalue weighted by molar-refractivity contribution is 5.87. The molecule has 4 aromatic rings. The molecule has 0 N–H and O–H groups in total. The Balaban J connectivity index is 1.52. The second-order valence-electron chi connectivity index (χ2n) is 8.75. The standard InChI is InChI=1S/C25H27N5O5/c1-15-13-29(25(32)28(2)24(15)31)23-11-20(22(35-23)14-33-3)30-21(12-26-27-30)18-6-5-17-10-19(34-4)8-7-16(17)9-18/h5-10,12-13,20,22-23H,11,14H2,1-4H3/t20-,22+,23+/m0/s1. The molecule has 0 amide bonds. The first-order valence-electron chi connectivity index (χ1n) is 11.3. The molecule has 1 saturated heterocycles. The summed E-state index contributed by atoms with van der Waals surface area (Å²) >= 11 is 0. The first kappa shape index (κ1) is 23.0. The third-order valence-electron chi connectivity index (χ3n) is 6.56. The van der Waals surface area contributed by atoms with Gasteiger partial charge in [0.25, 0.3) is 5.56 Å². The highest BCUT2D eigenvalue weighted by Crippen LogP contribution is 2.38. The van der Waals surface area contributed by atoms with Crippen molar-refractivity contribution in [3.63, 3.8) is 0 Å². The molecule has 0 spiro atoms. The zero-order valence-corrected chi connectivity index (χ0v) is 20.0. The van der Waals surface area contributed by atoms with Crippen LogP contribution in [-0.4, -0.2) is 51.1 Å². The molecule has 0 unspecified atom stereocenters. The van der Waals surface area contributed by atoms with Gasteiger partial charge in [-0.3, -0.25) is 13.9 Å². The number of nitrogens with zero attached hydrogens (tertiary/aromatic N) is 5. The van der Waals surface area contributed by atoms with Crippen LogP contribution in [0, 0.1) is 6.92 Å². The normalized spacial score (nSPS) is 19.9. The number of hydrogen-bond donors (Lipinski definition) is 0. The Morgan fingerprint density at radius 1 is 1.11 bits per heavy atom. The molecule has 0 bridgehead atoms. The number of rotatable bonds is 6. The second kappa shape index (κ2) is 9.12. The summed E-state index contributed by atoms with van der Waals surface area (Å²) in [5, 5.41) is 10.7. The molecule has 5 rings (SSSR count). The van der Waals surface area contributed by atoms with E-state index >= 15 is 0 Å². The van der Waals surface area contributed by atoms with Gasteiger partial charge < -0.3 is 14.2 Å². The van der Waals surface area contributed by atoms with Gasteiger partial charge in [0, 0.05) is 37.9 Å². The number of aromatic nitrogens is 5. The minimum Gasteiger partial charge on any atom is -0.497 e. The Bertz CT molecular complexity index is 1500. The highest BCUT2D eigenvalue weighted by Gasteiger charge is 2.39. The van der Waals surface area contributed by atoms with Gasteiger partial charge in [-0.15, -0.1) is 5.10 Å². The molecule has 35 heavy (non-hydrogen) atoms. The summed E-state index contributed by atoms with van der Waals surface area (Å²) in [6.07, 6.45) is 2.82. The summed E-state index contributed by atoms with van der Waals surface area (Å²) in [6.45, 7) is 2.00. The van der Waals surface area contributed by atoms with Gasteiger partial charge in [-0.05, 0) is 35.9 Å². The van der Waals surface area contributed by atoms with E-state index in [4.69, 9.17) is 14.2 Å². The molecule has 1 aliphatic heterocycles. The Labute approximate surface area is 201 Å². The molecule has 2 aromatic heterocycles. The van der Waals surface area contributed by atoms with Crippen molar-refractivity contribution < 1.29 is 14.2 Å². The van der Waals surface area contributed by atoms with Gasteiger partial charge in [0.2, 0.25) is 0 Å². The largest absolute Gasteiger partial charge is 0.497 e. The van der Waals surface area contributed by atoms with Crippen molar-refractivity contribution in [1.82, 2.24) is 24.1 Å². The number of hydrogen-bond acceptors (Lipinski definition) is 7. The van der Waals surface area contributed by atoms with Gasteiger partial charge >= 0.3 is 5.69 Å². The van der Waals surface area contributed by atoms with Crippen LogP contribution < -0.4 is 16.0 Å². The number of aryl methyl sites for hydroxylation is 1. The zero-order valence-electron chi connectivity index (χ0n) is 20.0. The summed E-state index contributed by atoms with van der Waals surface area (Å²) < 4.78 is 21.4. The molecule has 1 fully saturated rings. The van der Waals surface area contributed by atoms with Crippen molar-refractivity contribution in [2.24, 2.45) is 7.05 Å². The number of benzene rings is 2. The summed E-state index contributed by atoms with van der Waals surface area (Å²) in [5.41, 5.74) is 1.52. The molecule has 182 valence electrons. The van der Waals surface area contributed by atoms with E-state index in [0.717, 1.165) is 32.3 Å². The molecular formula is C25H27N5O5. The first-order chi connectivity index (χ1) is 16.9. The van der Waals surface area contributed by atoms with Crippen LogP contribution >= 0.6 is 0 Å². The van der Waals surface area contributed by atoms with Crippen molar-refractivity contribution in [3.05, 3.63) is 75.2 Å². The maximum Gasteiger partial charge on any atom is 0.332 e. The first-order valence-corrected chi connectivity index (χ1v) is 11.3. The summed E-state index contributed by atoms with van der Waals surface area (Å²) in [4.78, 5) is 25.0. The average Bonchev–Trinajstić information content (AvgIpc) is 3.51. The third-order valence-corrected chi connectivity index (χ3v) is 6.56. The van der Waals surface area contributed by atoms with E-state index < -0.39 is 11.9 Å². The van der Waals surface area contributed by atoms with E-state index in [1.165, 1.54) is 11.6 Å². The molecular weight excluding hydrogens is 450 g/mol. The molecule has 3 heterocycles. The maximum absolute atomic E-state index is 12.8. The quantitative estimate of drug-likeness (QED) is 0.420. The van der Waals surface area contributed by atoms with Crippen LogP contribution in [0.25, 0.3) is 22.0 Å². The smallest absolute Gasteiger partial charge is 0.332 e. The van der Waals surface area contributed by atoms with Crippen molar-refractivity contribution in [1.29, 1.82) is 0 Å². The van der Waals surface area contributed by atoms with Crippen LogP contribution in [0.4, 0.5) is 0 Å². The number of methoxy groups -OCH3 is 2.